The molecule has 0 atom stereocenters. The fraction of sp³-hybridized carbons (Fsp3) is 0.103. The summed E-state index contributed by atoms with van der Waals surface area (Å²) in [5.41, 5.74) is 21.4. The lowest BCUT2D eigenvalue weighted by atomic mass is 10.0. The molecule has 11 aromatic rings. The molecule has 0 aliphatic rings. The molecule has 0 unspecified atom stereocenters. The highest BCUT2D eigenvalue weighted by molar-refractivity contribution is 7.73. The minimum absolute atomic E-state index is 0.0632. The van der Waals surface area contributed by atoms with Crippen LogP contribution in [0.4, 0.5) is 56.9 Å². The monoisotopic (exact) mass is 1370 g/mol. The number of aryl methyl sites for hydroxylation is 3. The van der Waals surface area contributed by atoms with E-state index in [1.54, 1.807) is 26.0 Å². The minimum atomic E-state index is -3.68. The van der Waals surface area contributed by atoms with Gasteiger partial charge in [-0.2, -0.15) is 15.8 Å². The first-order valence-electron chi connectivity index (χ1n) is 32.4. The van der Waals surface area contributed by atoms with Crippen molar-refractivity contribution in [3.8, 4) is 65.4 Å². The van der Waals surface area contributed by atoms with Crippen molar-refractivity contribution in [3.63, 3.8) is 0 Å². The lowest BCUT2D eigenvalue weighted by Gasteiger charge is -2.25. The van der Waals surface area contributed by atoms with Crippen LogP contribution in [-0.2, 0) is 30.5 Å². The van der Waals surface area contributed by atoms with Crippen LogP contribution in [0, 0.1) is 109 Å². The lowest BCUT2D eigenvalue weighted by molar-refractivity contribution is 0.219. The van der Waals surface area contributed by atoms with E-state index >= 15 is 0 Å². The van der Waals surface area contributed by atoms with Gasteiger partial charge in [0.2, 0.25) is 12.8 Å². The molecule has 0 radical (unpaired) electrons. The zero-order valence-electron chi connectivity index (χ0n) is 56.8. The highest BCUT2D eigenvalue weighted by atomic mass is 31.2. The number of rotatable bonds is 17. The maximum absolute atomic E-state index is 12.8. The largest absolute Gasteiger partial charge is 0.462 e. The van der Waals surface area contributed by atoms with Crippen LogP contribution in [-0.4, -0.2) is 23.4 Å². The van der Waals surface area contributed by atoms with Crippen LogP contribution < -0.4 is 14.7 Å². The van der Waals surface area contributed by atoms with Crippen LogP contribution in [0.3, 0.4) is 0 Å². The van der Waals surface area contributed by atoms with Crippen LogP contribution in [0.15, 0.2) is 267 Å². The van der Waals surface area contributed by atoms with E-state index in [0.29, 0.717) is 22.4 Å². The van der Waals surface area contributed by atoms with Gasteiger partial charge < -0.3 is 34.0 Å². The van der Waals surface area contributed by atoms with Gasteiger partial charge in [-0.05, 0) is 203 Å². The molecule has 0 saturated carbocycles. The summed E-state index contributed by atoms with van der Waals surface area (Å²) in [5, 5.41) is 46.4. The first-order chi connectivity index (χ1) is 49.6. The molecule has 0 aromatic heterocycles. The van der Waals surface area contributed by atoms with Crippen molar-refractivity contribution in [2.75, 3.05) is 27.9 Å². The second-order valence-electron chi connectivity index (χ2n) is 22.9. The van der Waals surface area contributed by atoms with E-state index < -0.39 is 14.7 Å². The molecular formula is C87H69N7O6P2. The molecule has 0 saturated heterocycles. The Balaban J connectivity index is 0.000000209. The number of benzene rings is 11. The maximum Gasteiger partial charge on any atom is 0.335 e. The molecule has 0 amide bonds. The van der Waals surface area contributed by atoms with Crippen molar-refractivity contribution in [3.05, 3.63) is 345 Å². The van der Waals surface area contributed by atoms with Gasteiger partial charge in [0.15, 0.2) is 0 Å². The molecule has 0 aliphatic heterocycles. The summed E-state index contributed by atoms with van der Waals surface area (Å²) in [6.45, 7) is 17.7. The predicted octanol–water partition coefficient (Wildman–Crippen LogP) is 21.6. The van der Waals surface area contributed by atoms with Gasteiger partial charge in [0.1, 0.15) is 18.3 Å². The number of para-hydroxylation sites is 4. The van der Waals surface area contributed by atoms with E-state index in [4.69, 9.17) is 25.8 Å². The zero-order valence-corrected chi connectivity index (χ0v) is 58.6. The smallest absolute Gasteiger partial charge is 0.335 e. The molecule has 102 heavy (non-hydrogen) atoms. The van der Waals surface area contributed by atoms with Crippen molar-refractivity contribution in [2.45, 2.75) is 46.9 Å². The summed E-state index contributed by atoms with van der Waals surface area (Å²) >= 11 is 0. The summed E-state index contributed by atoms with van der Waals surface area (Å²) in [5.74, 6) is 12.7. The molecule has 13 nitrogen and oxygen atoms in total. The Labute approximate surface area is 597 Å². The van der Waals surface area contributed by atoms with Crippen molar-refractivity contribution < 1.29 is 28.4 Å². The highest BCUT2D eigenvalue weighted by Gasteiger charge is 2.28. The number of aliphatic hydroxyl groups is 2. The van der Waals surface area contributed by atoms with Gasteiger partial charge in [0, 0.05) is 90.9 Å². The van der Waals surface area contributed by atoms with Crippen LogP contribution in [0.2, 0.25) is 0 Å². The fourth-order valence-electron chi connectivity index (χ4n) is 10.8. The third kappa shape index (κ3) is 19.6. The number of hydrogen-bond donors (Lipinski definition) is 2. The second kappa shape index (κ2) is 36.0. The summed E-state index contributed by atoms with van der Waals surface area (Å²) in [4.78, 5) is 10.4. The van der Waals surface area contributed by atoms with E-state index in [2.05, 4.69) is 216 Å². The summed E-state index contributed by atoms with van der Waals surface area (Å²) in [6.07, 6.45) is 2.44. The second-order valence-corrected chi connectivity index (χ2v) is 27.2. The van der Waals surface area contributed by atoms with Crippen LogP contribution in [0.1, 0.15) is 80.6 Å². The third-order valence-electron chi connectivity index (χ3n) is 15.7. The number of nitrogens with zero attached hydrogens (tertiary/aromatic N) is 7. The molecule has 2 N–H and O–H groups in total. The molecule has 11 rings (SSSR count). The quantitative estimate of drug-likeness (QED) is 0.0501. The van der Waals surface area contributed by atoms with E-state index in [-0.39, 0.29) is 47.8 Å². The minimum Gasteiger partial charge on any atom is -0.462 e. The number of aliphatic hydroxyl groups excluding tert-OH is 2. The lowest BCUT2D eigenvalue weighted by Crippen LogP contribution is -2.09. The van der Waals surface area contributed by atoms with Crippen LogP contribution in [0.25, 0.3) is 4.85 Å². The molecule has 0 fully saturated rings. The Hall–Kier alpha value is -13.0. The van der Waals surface area contributed by atoms with Gasteiger partial charge in [0.25, 0.3) is 0 Å². The van der Waals surface area contributed by atoms with Gasteiger partial charge in [-0.15, -0.1) is 0 Å². The highest BCUT2D eigenvalue weighted by Crippen LogP contribution is 2.53. The van der Waals surface area contributed by atoms with Crippen LogP contribution >= 0.6 is 14.7 Å². The molecular weight excluding hydrogens is 1300 g/mol. The molecule has 498 valence electrons. The summed E-state index contributed by atoms with van der Waals surface area (Å²) < 4.78 is 35.8. The third-order valence-corrected chi connectivity index (χ3v) is 19.4. The predicted molar refractivity (Wildman–Crippen MR) is 408 cm³/mol. The zero-order chi connectivity index (χ0) is 72.3. The maximum atomic E-state index is 12.8. The van der Waals surface area contributed by atoms with Gasteiger partial charge in [-0.25, -0.2) is 4.85 Å². The Morgan fingerprint density at radius 2 is 0.686 bits per heavy atom. The van der Waals surface area contributed by atoms with Crippen molar-refractivity contribution >= 4 is 71.6 Å². The molecule has 11 aromatic carbocycles. The van der Waals surface area contributed by atoms with E-state index in [9.17, 15) is 24.9 Å². The van der Waals surface area contributed by atoms with E-state index in [1.165, 1.54) is 58.1 Å². The molecule has 0 spiro atoms. The van der Waals surface area contributed by atoms with E-state index in [1.807, 2.05) is 121 Å². The number of anilines is 9. The summed E-state index contributed by atoms with van der Waals surface area (Å²) in [6, 6.07) is 95.1. The molecule has 0 heterocycles. The fourth-order valence-corrected chi connectivity index (χ4v) is 13.8. The Morgan fingerprint density at radius 3 is 0.990 bits per heavy atom. The topological polar surface area (TPSA) is 179 Å². The number of hydrogen-bond acceptors (Lipinski definition) is 12. The van der Waals surface area contributed by atoms with E-state index in [0.717, 1.165) is 45.3 Å². The van der Waals surface area contributed by atoms with Crippen LogP contribution in [0.5, 0.6) is 0 Å². The van der Waals surface area contributed by atoms with Gasteiger partial charge in [-0.3, -0.25) is 9.13 Å². The van der Waals surface area contributed by atoms with Gasteiger partial charge >= 0.3 is 7.60 Å². The molecule has 0 aliphatic carbocycles. The van der Waals surface area contributed by atoms with Crippen molar-refractivity contribution in [2.24, 2.45) is 0 Å². The first-order valence-corrected chi connectivity index (χ1v) is 36.0. The standard InChI is InChI=1S/C50H34N4.C19H17N.C18H18N2O6P2/c1-37-14-26-46(27-15-37)53(44-10-6-4-7-11-44)48-30-20-39(21-31-48)18-24-41-35-50(52-3)42(34-43(41)36-51)25-19-40-22-32-49(33-23-40)54(45-12-8-5-9-13-45)47-28-16-38(2)17-29-47;1-16-12-14-19(15-13-16)20(17-8-4-2-5-9-17)18-10-6-3-7-11-18;1-3-25-28(24,26-4-2)14-18-10-15(11-19)17(9-16(18)12-20)13-27(23,7-5-21)8-6-22/h4-17,20-23,26-35H,1-2H3;2-15H,1H3;9-10,21-22H,3-4,13-14H2,1-2H3. The average Bonchev–Trinajstić information content (AvgIpc) is 0.827. The normalized spacial score (nSPS) is 10.2. The first kappa shape index (κ1) is 73.3. The molecule has 15 heteroatoms. The SMILES string of the molecule is CCOP(=O)(Cc1cc(C#N)c(CP(=O)(C#CO)C#CO)cc1C#N)OCC.Cc1ccc(N(c2ccccc2)c2ccccc2)cc1.[C-]#[N+]c1cc(C#Cc2ccc(N(c3ccccc3)c3ccc(C)cc3)cc2)c(C#N)cc1C#Cc1ccc(N(c2ccccc2)c2ccc(C)cc2)cc1. The average molecular weight is 1370 g/mol. The van der Waals surface area contributed by atoms with Crippen molar-refractivity contribution in [1.82, 2.24) is 0 Å². The number of nitriles is 3. The summed E-state index contributed by atoms with van der Waals surface area (Å²) in [7, 11) is -7.19. The van der Waals surface area contributed by atoms with Crippen molar-refractivity contribution in [1.29, 1.82) is 15.8 Å². The Morgan fingerprint density at radius 1 is 0.382 bits per heavy atom. The Kier molecular flexibility index (Phi) is 25.9. The molecule has 0 bridgehead atoms. The van der Waals surface area contributed by atoms with Gasteiger partial charge in [-0.1, -0.05) is 150 Å². The van der Waals surface area contributed by atoms with Gasteiger partial charge in [0.05, 0.1) is 54.8 Å². The Bertz CT molecular complexity index is 5000.